The molecular weight excluding hydrogens is 315 g/mol. The number of carbonyl (C=O) groups is 1. The number of rotatable bonds is 3. The first-order chi connectivity index (χ1) is 11.4. The molecule has 24 heavy (non-hydrogen) atoms. The Morgan fingerprint density at radius 2 is 2.25 bits per heavy atom. The van der Waals surface area contributed by atoms with E-state index in [9.17, 15) is 9.18 Å². The number of carboxylic acid groups (broad SMARTS) is 1. The van der Waals surface area contributed by atoms with Crippen molar-refractivity contribution in [2.24, 2.45) is 0 Å². The van der Waals surface area contributed by atoms with Crippen molar-refractivity contribution < 1.29 is 18.8 Å². The Morgan fingerprint density at radius 1 is 1.46 bits per heavy atom. The van der Waals surface area contributed by atoms with E-state index in [1.165, 1.54) is 11.0 Å². The van der Waals surface area contributed by atoms with E-state index < -0.39 is 11.9 Å². The summed E-state index contributed by atoms with van der Waals surface area (Å²) in [6.07, 6.45) is -0.904. The molecule has 1 N–H and O–H groups in total. The molecule has 1 aromatic carbocycles. The van der Waals surface area contributed by atoms with Crippen LogP contribution in [0.3, 0.4) is 0 Å². The molecule has 128 valence electrons. The highest BCUT2D eigenvalue weighted by Crippen LogP contribution is 2.22. The summed E-state index contributed by atoms with van der Waals surface area (Å²) in [5.41, 5.74) is 1.20. The Balaban J connectivity index is 1.69. The van der Waals surface area contributed by atoms with Crippen molar-refractivity contribution in [1.29, 1.82) is 0 Å². The molecule has 1 atom stereocenters. The fourth-order valence-electron chi connectivity index (χ4n) is 2.89. The zero-order valence-electron chi connectivity index (χ0n) is 13.6. The second-order valence-corrected chi connectivity index (χ2v) is 6.06. The van der Waals surface area contributed by atoms with Crippen LogP contribution in [-0.2, 0) is 6.54 Å². The van der Waals surface area contributed by atoms with Gasteiger partial charge in [-0.05, 0) is 26.0 Å². The van der Waals surface area contributed by atoms with Gasteiger partial charge in [0, 0.05) is 25.7 Å². The zero-order chi connectivity index (χ0) is 17.3. The summed E-state index contributed by atoms with van der Waals surface area (Å²) >= 11 is 0. The summed E-state index contributed by atoms with van der Waals surface area (Å²) in [6, 6.07) is 4.62. The molecule has 1 aliphatic rings. The Morgan fingerprint density at radius 3 is 2.96 bits per heavy atom. The van der Waals surface area contributed by atoms with Crippen molar-refractivity contribution in [3.8, 4) is 11.5 Å². The molecular formula is C16H19FN4O3. The smallest absolute Gasteiger partial charge is 0.407 e. The quantitative estimate of drug-likeness (QED) is 0.928. The molecule has 1 amide bonds. The van der Waals surface area contributed by atoms with Gasteiger partial charge in [0.15, 0.2) is 5.82 Å². The van der Waals surface area contributed by atoms with Gasteiger partial charge in [0.25, 0.3) is 5.89 Å². The normalized spacial score (nSPS) is 18.8. The first-order valence-electron chi connectivity index (χ1n) is 7.75. The second-order valence-electron chi connectivity index (χ2n) is 6.06. The average Bonchev–Trinajstić information content (AvgIpc) is 2.97. The topological polar surface area (TPSA) is 82.7 Å². The van der Waals surface area contributed by atoms with Crippen LogP contribution >= 0.6 is 0 Å². The lowest BCUT2D eigenvalue weighted by Gasteiger charge is -2.37. The molecule has 1 saturated heterocycles. The monoisotopic (exact) mass is 334 g/mol. The van der Waals surface area contributed by atoms with Crippen molar-refractivity contribution in [2.75, 3.05) is 19.6 Å². The number of halogens is 1. The molecule has 2 heterocycles. The van der Waals surface area contributed by atoms with Gasteiger partial charge in [0.1, 0.15) is 5.82 Å². The van der Waals surface area contributed by atoms with Gasteiger partial charge >= 0.3 is 6.09 Å². The highest BCUT2D eigenvalue weighted by molar-refractivity contribution is 5.65. The zero-order valence-corrected chi connectivity index (χ0v) is 13.6. The number of aryl methyl sites for hydroxylation is 1. The number of nitrogens with zero attached hydrogens (tertiary/aromatic N) is 4. The summed E-state index contributed by atoms with van der Waals surface area (Å²) in [4.78, 5) is 18.8. The number of aromatic nitrogens is 2. The van der Waals surface area contributed by atoms with Crippen molar-refractivity contribution in [3.05, 3.63) is 35.4 Å². The van der Waals surface area contributed by atoms with E-state index in [0.29, 0.717) is 32.0 Å². The second kappa shape index (κ2) is 6.56. The summed E-state index contributed by atoms with van der Waals surface area (Å²) in [5.74, 6) is 0.213. The third kappa shape index (κ3) is 3.38. The summed E-state index contributed by atoms with van der Waals surface area (Å²) in [7, 11) is 0. The number of hydrogen-bond donors (Lipinski definition) is 1. The predicted octanol–water partition coefficient (Wildman–Crippen LogP) is 2.37. The van der Waals surface area contributed by atoms with Gasteiger partial charge in [-0.1, -0.05) is 16.8 Å². The lowest BCUT2D eigenvalue weighted by atomic mass is 10.1. The molecule has 3 rings (SSSR count). The van der Waals surface area contributed by atoms with E-state index in [0.717, 1.165) is 5.56 Å². The van der Waals surface area contributed by atoms with Crippen molar-refractivity contribution in [3.63, 3.8) is 0 Å². The molecule has 0 spiro atoms. The third-order valence-corrected chi connectivity index (χ3v) is 4.14. The van der Waals surface area contributed by atoms with Gasteiger partial charge in [0.2, 0.25) is 0 Å². The first-order valence-corrected chi connectivity index (χ1v) is 7.75. The van der Waals surface area contributed by atoms with Crippen LogP contribution in [0.15, 0.2) is 22.7 Å². The molecule has 0 aliphatic carbocycles. The molecule has 0 unspecified atom stereocenters. The fourth-order valence-corrected chi connectivity index (χ4v) is 2.89. The van der Waals surface area contributed by atoms with E-state index in [1.807, 2.05) is 13.8 Å². The van der Waals surface area contributed by atoms with E-state index in [2.05, 4.69) is 15.0 Å². The molecule has 7 nitrogen and oxygen atoms in total. The molecule has 1 aromatic heterocycles. The third-order valence-electron chi connectivity index (χ3n) is 4.14. The minimum Gasteiger partial charge on any atom is -0.465 e. The maximum absolute atomic E-state index is 13.9. The predicted molar refractivity (Wildman–Crippen MR) is 83.9 cm³/mol. The van der Waals surface area contributed by atoms with Gasteiger partial charge in [-0.2, -0.15) is 4.98 Å². The van der Waals surface area contributed by atoms with Gasteiger partial charge in [0.05, 0.1) is 12.1 Å². The molecule has 8 heteroatoms. The van der Waals surface area contributed by atoms with Gasteiger partial charge in [-0.25, -0.2) is 9.18 Å². The Bertz CT molecular complexity index is 749. The fraction of sp³-hybridized carbons (Fsp3) is 0.438. The standard InChI is InChI=1S/C16H19FN4O3/c1-10-3-4-13(17)12(7-10)15-18-14(19-24-15)9-20-5-6-21(16(22)23)11(2)8-20/h3-4,7,11H,5-6,8-9H2,1-2H3,(H,22,23)/t11-/m0/s1. The lowest BCUT2D eigenvalue weighted by Crippen LogP contribution is -2.53. The van der Waals surface area contributed by atoms with Crippen LogP contribution < -0.4 is 0 Å². The van der Waals surface area contributed by atoms with Crippen LogP contribution in [0.25, 0.3) is 11.5 Å². The van der Waals surface area contributed by atoms with Crippen LogP contribution in [-0.4, -0.2) is 56.8 Å². The van der Waals surface area contributed by atoms with Crippen LogP contribution in [0.4, 0.5) is 9.18 Å². The largest absolute Gasteiger partial charge is 0.465 e. The Hall–Kier alpha value is -2.48. The summed E-state index contributed by atoms with van der Waals surface area (Å²) < 4.78 is 19.1. The molecule has 0 radical (unpaired) electrons. The molecule has 2 aromatic rings. The van der Waals surface area contributed by atoms with Crippen LogP contribution in [0.5, 0.6) is 0 Å². The lowest BCUT2D eigenvalue weighted by molar-refractivity contribution is 0.0697. The first kappa shape index (κ1) is 16.4. The minimum absolute atomic E-state index is 0.100. The Kier molecular flexibility index (Phi) is 4.48. The van der Waals surface area contributed by atoms with E-state index in [-0.39, 0.29) is 17.5 Å². The van der Waals surface area contributed by atoms with Gasteiger partial charge in [-0.15, -0.1) is 0 Å². The van der Waals surface area contributed by atoms with Crippen molar-refractivity contribution in [2.45, 2.75) is 26.4 Å². The number of hydrogen-bond acceptors (Lipinski definition) is 5. The number of benzene rings is 1. The SMILES string of the molecule is Cc1ccc(F)c(-c2nc(CN3CCN(C(=O)O)[C@@H](C)C3)no2)c1. The number of piperazine rings is 1. The number of amides is 1. The summed E-state index contributed by atoms with van der Waals surface area (Å²) in [6.45, 7) is 5.80. The van der Waals surface area contributed by atoms with Crippen molar-refractivity contribution >= 4 is 6.09 Å². The molecule has 1 fully saturated rings. The van der Waals surface area contributed by atoms with E-state index >= 15 is 0 Å². The van der Waals surface area contributed by atoms with Crippen LogP contribution in [0.2, 0.25) is 0 Å². The summed E-state index contributed by atoms with van der Waals surface area (Å²) in [5, 5.41) is 13.0. The molecule has 0 saturated carbocycles. The van der Waals surface area contributed by atoms with Crippen LogP contribution in [0, 0.1) is 12.7 Å². The highest BCUT2D eigenvalue weighted by atomic mass is 19.1. The van der Waals surface area contributed by atoms with E-state index in [1.54, 1.807) is 12.1 Å². The maximum atomic E-state index is 13.9. The highest BCUT2D eigenvalue weighted by Gasteiger charge is 2.27. The van der Waals surface area contributed by atoms with Gasteiger partial charge in [-0.3, -0.25) is 4.90 Å². The van der Waals surface area contributed by atoms with Gasteiger partial charge < -0.3 is 14.5 Å². The maximum Gasteiger partial charge on any atom is 0.407 e. The molecule has 0 bridgehead atoms. The minimum atomic E-state index is -0.904. The van der Waals surface area contributed by atoms with Crippen molar-refractivity contribution in [1.82, 2.24) is 19.9 Å². The Labute approximate surface area is 138 Å². The average molecular weight is 334 g/mol. The molecule has 1 aliphatic heterocycles. The van der Waals surface area contributed by atoms with E-state index in [4.69, 9.17) is 9.63 Å². The van der Waals surface area contributed by atoms with Crippen LogP contribution in [0.1, 0.15) is 18.3 Å².